The number of nitrogens with zero attached hydrogens (tertiary/aromatic N) is 1. The van der Waals surface area contributed by atoms with Crippen LogP contribution in [0.1, 0.15) is 15.2 Å². The third kappa shape index (κ3) is 2.94. The number of halogens is 1. The average molecular weight is 403 g/mol. The number of benzene rings is 2. The summed E-state index contributed by atoms with van der Waals surface area (Å²) in [5.74, 6) is 0.759. The van der Waals surface area contributed by atoms with Crippen molar-refractivity contribution >= 4 is 50.1 Å². The maximum Gasteiger partial charge on any atom is 0.257 e. The second-order valence-electron chi connectivity index (χ2n) is 5.04. The Morgan fingerprint density at radius 1 is 1.17 bits per heavy atom. The first-order valence-electron chi connectivity index (χ1n) is 6.99. The van der Waals surface area contributed by atoms with E-state index in [1.807, 2.05) is 36.0 Å². The van der Waals surface area contributed by atoms with E-state index in [4.69, 9.17) is 0 Å². The summed E-state index contributed by atoms with van der Waals surface area (Å²) in [7, 11) is 0. The molecule has 0 bridgehead atoms. The van der Waals surface area contributed by atoms with Gasteiger partial charge in [-0.3, -0.25) is 10.1 Å². The van der Waals surface area contributed by atoms with E-state index in [1.165, 1.54) is 9.77 Å². The Bertz CT molecular complexity index is 907. The third-order valence-electron chi connectivity index (χ3n) is 3.51. The first-order chi connectivity index (χ1) is 11.2. The van der Waals surface area contributed by atoms with Crippen molar-refractivity contribution in [3.8, 4) is 11.3 Å². The first-order valence-corrected chi connectivity index (χ1v) is 9.59. The van der Waals surface area contributed by atoms with E-state index in [0.717, 1.165) is 21.5 Å². The molecule has 0 atom stereocenters. The molecule has 1 N–H and O–H groups in total. The molecule has 0 saturated heterocycles. The Hall–Kier alpha value is -1.63. The second-order valence-corrected chi connectivity index (χ2v) is 8.06. The monoisotopic (exact) mass is 402 g/mol. The van der Waals surface area contributed by atoms with E-state index in [9.17, 15) is 4.79 Å². The number of hydrogen-bond acceptors (Lipinski definition) is 4. The molecule has 0 saturated carbocycles. The van der Waals surface area contributed by atoms with Crippen LogP contribution in [0.15, 0.2) is 57.9 Å². The molecule has 6 heteroatoms. The molecule has 1 aliphatic heterocycles. The van der Waals surface area contributed by atoms with Crippen LogP contribution in [-0.4, -0.2) is 10.9 Å². The van der Waals surface area contributed by atoms with Crippen molar-refractivity contribution < 1.29 is 4.79 Å². The summed E-state index contributed by atoms with van der Waals surface area (Å²) in [6.07, 6.45) is 0. The molecule has 1 aliphatic rings. The molecule has 0 spiro atoms. The topological polar surface area (TPSA) is 42.0 Å². The maximum absolute atomic E-state index is 12.4. The highest BCUT2D eigenvalue weighted by Gasteiger charge is 2.21. The zero-order chi connectivity index (χ0) is 15.8. The second kappa shape index (κ2) is 6.11. The first kappa shape index (κ1) is 14.9. The fourth-order valence-corrected chi connectivity index (χ4v) is 4.94. The number of carbonyl (C=O) groups excluding carboxylic acids is 1. The number of amides is 1. The Kier molecular flexibility index (Phi) is 3.97. The lowest BCUT2D eigenvalue weighted by molar-refractivity contribution is 0.102. The van der Waals surface area contributed by atoms with Crippen molar-refractivity contribution in [3.05, 3.63) is 63.4 Å². The lowest BCUT2D eigenvalue weighted by Crippen LogP contribution is -2.11. The highest BCUT2D eigenvalue weighted by molar-refractivity contribution is 9.10. The number of thioether (sulfide) groups is 1. The van der Waals surface area contributed by atoms with Crippen LogP contribution in [0.25, 0.3) is 11.3 Å². The molecule has 0 unspecified atom stereocenters. The van der Waals surface area contributed by atoms with Gasteiger partial charge in [0.2, 0.25) is 0 Å². The van der Waals surface area contributed by atoms with Crippen molar-refractivity contribution in [1.82, 2.24) is 4.98 Å². The molecule has 3 aromatic rings. The standard InChI is InChI=1S/C17H11BrN2OS2/c18-11-5-3-4-10(8-11)16(21)20-17-19-15-12-6-1-2-7-13(12)22-9-14(15)23-17/h1-8H,9H2,(H,19,20,21). The Morgan fingerprint density at radius 3 is 2.91 bits per heavy atom. The number of aromatic nitrogens is 1. The molecule has 114 valence electrons. The van der Waals surface area contributed by atoms with Crippen LogP contribution in [0.4, 0.5) is 5.13 Å². The molecule has 0 fully saturated rings. The summed E-state index contributed by atoms with van der Waals surface area (Å²) >= 11 is 6.75. The van der Waals surface area contributed by atoms with Crippen molar-refractivity contribution in [2.75, 3.05) is 5.32 Å². The van der Waals surface area contributed by atoms with Crippen LogP contribution in [0, 0.1) is 0 Å². The van der Waals surface area contributed by atoms with Gasteiger partial charge in [0.15, 0.2) is 5.13 Å². The number of carbonyl (C=O) groups is 1. The lowest BCUT2D eigenvalue weighted by atomic mass is 10.1. The van der Waals surface area contributed by atoms with Gasteiger partial charge in [0, 0.05) is 31.1 Å². The Labute approximate surface area is 150 Å². The zero-order valence-corrected chi connectivity index (χ0v) is 15.1. The van der Waals surface area contributed by atoms with Crippen LogP contribution >= 0.6 is 39.0 Å². The van der Waals surface area contributed by atoms with Crippen molar-refractivity contribution in [1.29, 1.82) is 0 Å². The molecule has 2 aromatic carbocycles. The fourth-order valence-electron chi connectivity index (χ4n) is 2.44. The van der Waals surface area contributed by atoms with Crippen molar-refractivity contribution in [3.63, 3.8) is 0 Å². The SMILES string of the molecule is O=C(Nc1nc2c(s1)CSc1ccccc1-2)c1cccc(Br)c1. The summed E-state index contributed by atoms with van der Waals surface area (Å²) in [5.41, 5.74) is 2.76. The minimum Gasteiger partial charge on any atom is -0.298 e. The normalized spacial score (nSPS) is 12.4. The minimum atomic E-state index is -0.140. The van der Waals surface area contributed by atoms with E-state index in [-0.39, 0.29) is 5.91 Å². The fraction of sp³-hybridized carbons (Fsp3) is 0.0588. The van der Waals surface area contributed by atoms with Crippen LogP contribution in [0.5, 0.6) is 0 Å². The zero-order valence-electron chi connectivity index (χ0n) is 11.9. The average Bonchev–Trinajstić information content (AvgIpc) is 2.97. The van der Waals surface area contributed by atoms with Crippen LogP contribution < -0.4 is 5.32 Å². The maximum atomic E-state index is 12.4. The Morgan fingerprint density at radius 2 is 2.04 bits per heavy atom. The molecular weight excluding hydrogens is 392 g/mol. The number of rotatable bonds is 2. The summed E-state index contributed by atoms with van der Waals surface area (Å²) in [6.45, 7) is 0. The largest absolute Gasteiger partial charge is 0.298 e. The molecule has 0 aliphatic carbocycles. The number of thiazole rings is 1. The summed E-state index contributed by atoms with van der Waals surface area (Å²) in [5, 5.41) is 3.56. The molecule has 2 heterocycles. The number of hydrogen-bond donors (Lipinski definition) is 1. The molecule has 1 aromatic heterocycles. The van der Waals surface area contributed by atoms with Gasteiger partial charge < -0.3 is 0 Å². The number of anilines is 1. The van der Waals surface area contributed by atoms with Gasteiger partial charge in [0.1, 0.15) is 0 Å². The highest BCUT2D eigenvalue weighted by atomic mass is 79.9. The van der Waals surface area contributed by atoms with Gasteiger partial charge in [-0.15, -0.1) is 23.1 Å². The quantitative estimate of drug-likeness (QED) is 0.620. The molecule has 3 nitrogen and oxygen atoms in total. The van der Waals surface area contributed by atoms with Crippen molar-refractivity contribution in [2.45, 2.75) is 10.6 Å². The van der Waals surface area contributed by atoms with E-state index < -0.39 is 0 Å². The van der Waals surface area contributed by atoms with Gasteiger partial charge in [0.25, 0.3) is 5.91 Å². The van der Waals surface area contributed by atoms with E-state index in [0.29, 0.717) is 10.7 Å². The van der Waals surface area contributed by atoms with E-state index in [1.54, 1.807) is 23.5 Å². The van der Waals surface area contributed by atoms with Gasteiger partial charge in [-0.05, 0) is 24.3 Å². The number of fused-ring (bicyclic) bond motifs is 3. The molecule has 23 heavy (non-hydrogen) atoms. The third-order valence-corrected chi connectivity index (χ3v) is 6.25. The van der Waals surface area contributed by atoms with Gasteiger partial charge in [0.05, 0.1) is 5.69 Å². The van der Waals surface area contributed by atoms with Gasteiger partial charge in [-0.1, -0.05) is 40.2 Å². The predicted molar refractivity (Wildman–Crippen MR) is 99.2 cm³/mol. The van der Waals surface area contributed by atoms with E-state index >= 15 is 0 Å². The minimum absolute atomic E-state index is 0.140. The van der Waals surface area contributed by atoms with Gasteiger partial charge in [-0.25, -0.2) is 4.98 Å². The molecule has 4 rings (SSSR count). The summed E-state index contributed by atoms with van der Waals surface area (Å²) in [4.78, 5) is 19.4. The molecule has 1 amide bonds. The van der Waals surface area contributed by atoms with Crippen LogP contribution in [-0.2, 0) is 5.75 Å². The Balaban J connectivity index is 1.63. The highest BCUT2D eigenvalue weighted by Crippen LogP contribution is 2.44. The lowest BCUT2D eigenvalue weighted by Gasteiger charge is -2.13. The van der Waals surface area contributed by atoms with Gasteiger partial charge in [-0.2, -0.15) is 0 Å². The molecule has 0 radical (unpaired) electrons. The van der Waals surface area contributed by atoms with Crippen molar-refractivity contribution in [2.24, 2.45) is 0 Å². The number of nitrogens with one attached hydrogen (secondary N) is 1. The summed E-state index contributed by atoms with van der Waals surface area (Å²) < 4.78 is 0.883. The van der Waals surface area contributed by atoms with Gasteiger partial charge >= 0.3 is 0 Å². The predicted octanol–water partition coefficient (Wildman–Crippen LogP) is 5.43. The van der Waals surface area contributed by atoms with Crippen LogP contribution in [0.3, 0.4) is 0 Å². The smallest absolute Gasteiger partial charge is 0.257 e. The van der Waals surface area contributed by atoms with Crippen LogP contribution in [0.2, 0.25) is 0 Å². The van der Waals surface area contributed by atoms with E-state index in [2.05, 4.69) is 38.4 Å². The summed E-state index contributed by atoms with van der Waals surface area (Å²) in [6, 6.07) is 15.6. The molecular formula is C17H11BrN2OS2.